The molecule has 0 aromatic heterocycles. The summed E-state index contributed by atoms with van der Waals surface area (Å²) in [5, 5.41) is 13.6. The van der Waals surface area contributed by atoms with Gasteiger partial charge >= 0.3 is 0 Å². The van der Waals surface area contributed by atoms with Gasteiger partial charge in [0.15, 0.2) is 0 Å². The van der Waals surface area contributed by atoms with E-state index in [0.29, 0.717) is 5.56 Å². The van der Waals surface area contributed by atoms with Crippen LogP contribution in [0.5, 0.6) is 0 Å². The minimum atomic E-state index is -0.515. The topological polar surface area (TPSA) is 75.5 Å². The van der Waals surface area contributed by atoms with Gasteiger partial charge in [-0.25, -0.2) is 0 Å². The molecule has 2 rings (SSSR count). The monoisotopic (exact) mass is 313 g/mol. The fourth-order valence-corrected chi connectivity index (χ4v) is 2.35. The standard InChI is InChI=1S/C17H19N3O3/c1-3-19(4-2)14-11-9-13(10-12-14)17(21)18-15-7-5-6-8-16(15)20(22)23/h5-12H,3-4H2,1-2H3,(H,18,21). The van der Waals surface area contributed by atoms with E-state index in [9.17, 15) is 14.9 Å². The molecule has 6 heteroatoms. The van der Waals surface area contributed by atoms with E-state index in [1.54, 1.807) is 24.3 Å². The van der Waals surface area contributed by atoms with Crippen LogP contribution in [-0.2, 0) is 0 Å². The first kappa shape index (κ1) is 16.5. The third-order valence-electron chi connectivity index (χ3n) is 3.61. The highest BCUT2D eigenvalue weighted by atomic mass is 16.6. The van der Waals surface area contributed by atoms with Gasteiger partial charge in [0, 0.05) is 30.4 Å². The zero-order valence-electron chi connectivity index (χ0n) is 13.2. The van der Waals surface area contributed by atoms with Crippen molar-refractivity contribution < 1.29 is 9.72 Å². The Hall–Kier alpha value is -2.89. The van der Waals surface area contributed by atoms with Gasteiger partial charge in [-0.1, -0.05) is 12.1 Å². The molecule has 0 aliphatic carbocycles. The van der Waals surface area contributed by atoms with Crippen LogP contribution < -0.4 is 10.2 Å². The molecule has 0 atom stereocenters. The van der Waals surface area contributed by atoms with Crippen molar-refractivity contribution in [2.45, 2.75) is 13.8 Å². The van der Waals surface area contributed by atoms with E-state index in [2.05, 4.69) is 24.1 Å². The number of anilines is 2. The lowest BCUT2D eigenvalue weighted by atomic mass is 10.1. The van der Waals surface area contributed by atoms with Gasteiger partial charge < -0.3 is 10.2 Å². The first-order chi connectivity index (χ1) is 11.1. The molecule has 1 amide bonds. The van der Waals surface area contributed by atoms with Gasteiger partial charge in [-0.15, -0.1) is 0 Å². The van der Waals surface area contributed by atoms with E-state index in [1.807, 2.05) is 12.1 Å². The Morgan fingerprint density at radius 2 is 1.70 bits per heavy atom. The molecular formula is C17H19N3O3. The van der Waals surface area contributed by atoms with Crippen LogP contribution in [0.2, 0.25) is 0 Å². The van der Waals surface area contributed by atoms with Crippen LogP contribution in [0, 0.1) is 10.1 Å². The van der Waals surface area contributed by atoms with Crippen LogP contribution in [0.4, 0.5) is 17.1 Å². The number of nitrogens with zero attached hydrogens (tertiary/aromatic N) is 2. The summed E-state index contributed by atoms with van der Waals surface area (Å²) in [6.45, 7) is 5.91. The van der Waals surface area contributed by atoms with Crippen LogP contribution in [0.25, 0.3) is 0 Å². The fourth-order valence-electron chi connectivity index (χ4n) is 2.35. The first-order valence-electron chi connectivity index (χ1n) is 7.46. The predicted octanol–water partition coefficient (Wildman–Crippen LogP) is 3.69. The molecule has 1 N–H and O–H groups in total. The smallest absolute Gasteiger partial charge is 0.292 e. The average Bonchev–Trinajstić information content (AvgIpc) is 2.57. The minimum absolute atomic E-state index is 0.124. The highest BCUT2D eigenvalue weighted by Gasteiger charge is 2.15. The quantitative estimate of drug-likeness (QED) is 0.652. The number of hydrogen-bond acceptors (Lipinski definition) is 4. The molecule has 2 aromatic rings. The second-order valence-electron chi connectivity index (χ2n) is 4.95. The second-order valence-corrected chi connectivity index (χ2v) is 4.95. The van der Waals surface area contributed by atoms with Crippen LogP contribution in [0.15, 0.2) is 48.5 Å². The molecule has 0 aliphatic heterocycles. The summed E-state index contributed by atoms with van der Waals surface area (Å²) in [5.74, 6) is -0.370. The molecule has 0 heterocycles. The maximum Gasteiger partial charge on any atom is 0.292 e. The molecule has 0 saturated carbocycles. The second kappa shape index (κ2) is 7.40. The maximum absolute atomic E-state index is 12.3. The van der Waals surface area contributed by atoms with Gasteiger partial charge in [-0.2, -0.15) is 0 Å². The summed E-state index contributed by atoms with van der Waals surface area (Å²) in [7, 11) is 0. The summed E-state index contributed by atoms with van der Waals surface area (Å²) in [6, 6.07) is 13.3. The van der Waals surface area contributed by atoms with E-state index < -0.39 is 4.92 Å². The van der Waals surface area contributed by atoms with Gasteiger partial charge in [0.05, 0.1) is 4.92 Å². The number of rotatable bonds is 6. The SMILES string of the molecule is CCN(CC)c1ccc(C(=O)Nc2ccccc2[N+](=O)[O-])cc1. The number of nitro benzene ring substituents is 1. The number of nitro groups is 1. The number of carbonyl (C=O) groups is 1. The normalized spacial score (nSPS) is 10.2. The Morgan fingerprint density at radius 3 is 2.26 bits per heavy atom. The lowest BCUT2D eigenvalue weighted by Gasteiger charge is -2.21. The van der Waals surface area contributed by atoms with E-state index in [4.69, 9.17) is 0 Å². The van der Waals surface area contributed by atoms with Crippen molar-refractivity contribution in [1.29, 1.82) is 0 Å². The third-order valence-corrected chi connectivity index (χ3v) is 3.61. The van der Waals surface area contributed by atoms with Crippen molar-refractivity contribution in [3.63, 3.8) is 0 Å². The van der Waals surface area contributed by atoms with Crippen molar-refractivity contribution >= 4 is 23.0 Å². The third kappa shape index (κ3) is 3.85. The minimum Gasteiger partial charge on any atom is -0.372 e. The van der Waals surface area contributed by atoms with Crippen LogP contribution in [0.3, 0.4) is 0 Å². The Bertz CT molecular complexity index is 694. The van der Waals surface area contributed by atoms with Gasteiger partial charge in [-0.05, 0) is 44.2 Å². The molecule has 2 aromatic carbocycles. The first-order valence-corrected chi connectivity index (χ1v) is 7.46. The number of para-hydroxylation sites is 2. The van der Waals surface area contributed by atoms with Crippen molar-refractivity contribution in [3.05, 3.63) is 64.2 Å². The zero-order chi connectivity index (χ0) is 16.8. The maximum atomic E-state index is 12.3. The summed E-state index contributed by atoms with van der Waals surface area (Å²) in [5.41, 5.74) is 1.56. The lowest BCUT2D eigenvalue weighted by molar-refractivity contribution is -0.383. The number of hydrogen-bond donors (Lipinski definition) is 1. The van der Waals surface area contributed by atoms with Gasteiger partial charge in [0.1, 0.15) is 5.69 Å². The molecule has 6 nitrogen and oxygen atoms in total. The average molecular weight is 313 g/mol. The molecule has 0 unspecified atom stereocenters. The molecule has 0 aliphatic rings. The Morgan fingerprint density at radius 1 is 1.09 bits per heavy atom. The molecular weight excluding hydrogens is 294 g/mol. The van der Waals surface area contributed by atoms with Gasteiger partial charge in [0.2, 0.25) is 0 Å². The van der Waals surface area contributed by atoms with Crippen LogP contribution in [-0.4, -0.2) is 23.9 Å². The Labute approximate surface area is 134 Å². The largest absolute Gasteiger partial charge is 0.372 e. The number of benzene rings is 2. The van der Waals surface area contributed by atoms with E-state index in [1.165, 1.54) is 12.1 Å². The van der Waals surface area contributed by atoms with Crippen molar-refractivity contribution in [2.24, 2.45) is 0 Å². The van der Waals surface area contributed by atoms with Crippen molar-refractivity contribution in [1.82, 2.24) is 0 Å². The molecule has 0 fully saturated rings. The van der Waals surface area contributed by atoms with Gasteiger partial charge in [-0.3, -0.25) is 14.9 Å². The highest BCUT2D eigenvalue weighted by molar-refractivity contribution is 6.05. The highest BCUT2D eigenvalue weighted by Crippen LogP contribution is 2.24. The fraction of sp³-hybridized carbons (Fsp3) is 0.235. The number of amides is 1. The summed E-state index contributed by atoms with van der Waals surface area (Å²) in [6.07, 6.45) is 0. The zero-order valence-corrected chi connectivity index (χ0v) is 13.2. The van der Waals surface area contributed by atoms with E-state index in [0.717, 1.165) is 18.8 Å². The molecule has 0 saturated heterocycles. The number of nitrogens with one attached hydrogen (secondary N) is 1. The van der Waals surface area contributed by atoms with E-state index in [-0.39, 0.29) is 17.3 Å². The summed E-state index contributed by atoms with van der Waals surface area (Å²) in [4.78, 5) is 24.9. The van der Waals surface area contributed by atoms with Crippen LogP contribution in [0.1, 0.15) is 24.2 Å². The van der Waals surface area contributed by atoms with E-state index >= 15 is 0 Å². The molecule has 0 spiro atoms. The lowest BCUT2D eigenvalue weighted by Crippen LogP contribution is -2.21. The molecule has 0 bridgehead atoms. The molecule has 0 radical (unpaired) electrons. The number of carbonyl (C=O) groups excluding carboxylic acids is 1. The summed E-state index contributed by atoms with van der Waals surface area (Å²) < 4.78 is 0. The predicted molar refractivity (Wildman–Crippen MR) is 91.1 cm³/mol. The Balaban J connectivity index is 2.17. The Kier molecular flexibility index (Phi) is 5.30. The molecule has 23 heavy (non-hydrogen) atoms. The summed E-state index contributed by atoms with van der Waals surface area (Å²) >= 11 is 0. The van der Waals surface area contributed by atoms with Crippen molar-refractivity contribution in [3.8, 4) is 0 Å². The molecule has 120 valence electrons. The van der Waals surface area contributed by atoms with Crippen LogP contribution >= 0.6 is 0 Å². The van der Waals surface area contributed by atoms with Gasteiger partial charge in [0.25, 0.3) is 11.6 Å². The van der Waals surface area contributed by atoms with Crippen molar-refractivity contribution in [2.75, 3.05) is 23.3 Å².